The van der Waals surface area contributed by atoms with Crippen LogP contribution in [0.5, 0.6) is 5.75 Å². The Morgan fingerprint density at radius 2 is 2.36 bits per heavy atom. The van der Waals surface area contributed by atoms with Crippen molar-refractivity contribution in [2.45, 2.75) is 12.5 Å². The minimum Gasteiger partial charge on any atom is -0.493 e. The molecule has 1 aliphatic rings. The molecule has 72 valence electrons. The second-order valence-corrected chi connectivity index (χ2v) is 3.23. The van der Waals surface area contributed by atoms with Gasteiger partial charge in [0.2, 0.25) is 0 Å². The fourth-order valence-corrected chi connectivity index (χ4v) is 1.52. The minimum atomic E-state index is -0.555. The summed E-state index contributed by atoms with van der Waals surface area (Å²) >= 11 is 0. The third-order valence-electron chi connectivity index (χ3n) is 2.31. The number of rotatable bonds is 0. The van der Waals surface area contributed by atoms with Crippen molar-refractivity contribution in [2.24, 2.45) is 5.73 Å². The maximum absolute atomic E-state index is 13.2. The molecule has 1 aliphatic heterocycles. The van der Waals surface area contributed by atoms with E-state index in [-0.39, 0.29) is 11.6 Å². The minimum absolute atomic E-state index is 0.0182. The predicted molar refractivity (Wildman–Crippen MR) is 48.2 cm³/mol. The number of nitrogens with zero attached hydrogens (tertiary/aromatic N) is 1. The fraction of sp³-hybridized carbons (Fsp3) is 0.300. The summed E-state index contributed by atoms with van der Waals surface area (Å²) in [5.41, 5.74) is 6.54. The molecule has 3 nitrogen and oxygen atoms in total. The molecule has 0 spiro atoms. The molecule has 14 heavy (non-hydrogen) atoms. The molecule has 2 N–H and O–H groups in total. The molecule has 0 amide bonds. The van der Waals surface area contributed by atoms with Gasteiger partial charge in [-0.05, 0) is 6.07 Å². The van der Waals surface area contributed by atoms with Crippen LogP contribution >= 0.6 is 0 Å². The van der Waals surface area contributed by atoms with E-state index in [0.29, 0.717) is 24.3 Å². The highest BCUT2D eigenvalue weighted by molar-refractivity contribution is 5.45. The Bertz CT molecular complexity index is 411. The Balaban J connectivity index is 2.56. The van der Waals surface area contributed by atoms with Crippen LogP contribution in [-0.2, 0) is 0 Å². The monoisotopic (exact) mass is 192 g/mol. The number of ether oxygens (including phenoxy) is 1. The van der Waals surface area contributed by atoms with E-state index in [4.69, 9.17) is 15.7 Å². The van der Waals surface area contributed by atoms with Crippen LogP contribution < -0.4 is 10.5 Å². The highest BCUT2D eigenvalue weighted by Gasteiger charge is 2.20. The van der Waals surface area contributed by atoms with Crippen LogP contribution in [0.1, 0.15) is 23.6 Å². The van der Waals surface area contributed by atoms with E-state index in [2.05, 4.69) is 0 Å². The zero-order valence-electron chi connectivity index (χ0n) is 7.46. The lowest BCUT2D eigenvalue weighted by Gasteiger charge is -2.22. The van der Waals surface area contributed by atoms with E-state index in [1.165, 1.54) is 12.1 Å². The average molecular weight is 192 g/mol. The Morgan fingerprint density at radius 3 is 3.07 bits per heavy atom. The third-order valence-corrected chi connectivity index (χ3v) is 2.31. The van der Waals surface area contributed by atoms with Gasteiger partial charge in [-0.2, -0.15) is 5.26 Å². The van der Waals surface area contributed by atoms with E-state index < -0.39 is 5.82 Å². The topological polar surface area (TPSA) is 59.0 Å². The molecule has 1 atom stereocenters. The van der Waals surface area contributed by atoms with Crippen LogP contribution in [0.4, 0.5) is 4.39 Å². The molecule has 2 rings (SSSR count). The normalized spacial score (nSPS) is 19.4. The van der Waals surface area contributed by atoms with Gasteiger partial charge in [-0.15, -0.1) is 0 Å². The molecular formula is C10H9FN2O. The van der Waals surface area contributed by atoms with Crippen LogP contribution in [-0.4, -0.2) is 6.61 Å². The largest absolute Gasteiger partial charge is 0.493 e. The van der Waals surface area contributed by atoms with Gasteiger partial charge in [0, 0.05) is 24.1 Å². The van der Waals surface area contributed by atoms with Gasteiger partial charge in [0.15, 0.2) is 0 Å². The summed E-state index contributed by atoms with van der Waals surface area (Å²) in [4.78, 5) is 0. The SMILES string of the molecule is N#Cc1cc2c(cc1F)OCC[C@H]2N. The zero-order valence-corrected chi connectivity index (χ0v) is 7.46. The Hall–Kier alpha value is -1.60. The first-order valence-corrected chi connectivity index (χ1v) is 4.34. The fourth-order valence-electron chi connectivity index (χ4n) is 1.52. The van der Waals surface area contributed by atoms with E-state index in [1.807, 2.05) is 0 Å². The smallest absolute Gasteiger partial charge is 0.144 e. The Morgan fingerprint density at radius 1 is 1.57 bits per heavy atom. The molecule has 0 bridgehead atoms. The van der Waals surface area contributed by atoms with E-state index in [0.717, 1.165) is 0 Å². The number of nitriles is 1. The van der Waals surface area contributed by atoms with Crippen LogP contribution in [0.15, 0.2) is 12.1 Å². The van der Waals surface area contributed by atoms with Crippen LogP contribution in [0, 0.1) is 17.1 Å². The van der Waals surface area contributed by atoms with Crippen molar-refractivity contribution in [1.29, 1.82) is 5.26 Å². The van der Waals surface area contributed by atoms with E-state index in [9.17, 15) is 4.39 Å². The molecule has 0 saturated heterocycles. The zero-order chi connectivity index (χ0) is 10.1. The maximum atomic E-state index is 13.2. The summed E-state index contributed by atoms with van der Waals surface area (Å²) in [6.45, 7) is 0.500. The molecule has 1 aromatic rings. The molecule has 0 radical (unpaired) electrons. The predicted octanol–water partition coefficient (Wildman–Crippen LogP) is 1.48. The number of hydrogen-bond donors (Lipinski definition) is 1. The van der Waals surface area contributed by atoms with Crippen LogP contribution in [0.2, 0.25) is 0 Å². The van der Waals surface area contributed by atoms with Gasteiger partial charge in [0.25, 0.3) is 0 Å². The lowest BCUT2D eigenvalue weighted by molar-refractivity contribution is 0.267. The van der Waals surface area contributed by atoms with Crippen LogP contribution in [0.3, 0.4) is 0 Å². The highest BCUT2D eigenvalue weighted by Crippen LogP contribution is 2.32. The van der Waals surface area contributed by atoms with Crippen molar-refractivity contribution in [1.82, 2.24) is 0 Å². The average Bonchev–Trinajstić information content (AvgIpc) is 2.17. The van der Waals surface area contributed by atoms with Gasteiger partial charge in [-0.1, -0.05) is 0 Å². The van der Waals surface area contributed by atoms with Crippen molar-refractivity contribution < 1.29 is 9.13 Å². The number of benzene rings is 1. The molecule has 0 aromatic heterocycles. The lowest BCUT2D eigenvalue weighted by Crippen LogP contribution is -2.20. The lowest BCUT2D eigenvalue weighted by atomic mass is 9.99. The first kappa shape index (κ1) is 8.97. The van der Waals surface area contributed by atoms with Crippen LogP contribution in [0.25, 0.3) is 0 Å². The second-order valence-electron chi connectivity index (χ2n) is 3.23. The van der Waals surface area contributed by atoms with Gasteiger partial charge in [0.05, 0.1) is 12.2 Å². The summed E-state index contributed by atoms with van der Waals surface area (Å²) in [6.07, 6.45) is 0.698. The maximum Gasteiger partial charge on any atom is 0.144 e. The number of hydrogen-bond acceptors (Lipinski definition) is 3. The third kappa shape index (κ3) is 1.32. The molecule has 0 aliphatic carbocycles. The van der Waals surface area contributed by atoms with Gasteiger partial charge in [0.1, 0.15) is 17.6 Å². The van der Waals surface area contributed by atoms with Gasteiger partial charge in [-0.3, -0.25) is 0 Å². The summed E-state index contributed by atoms with van der Waals surface area (Å²) < 4.78 is 18.4. The Kier molecular flexibility index (Phi) is 2.10. The Labute approximate surface area is 80.9 Å². The second kappa shape index (κ2) is 3.28. The first-order valence-electron chi connectivity index (χ1n) is 4.34. The highest BCUT2D eigenvalue weighted by atomic mass is 19.1. The van der Waals surface area contributed by atoms with Crippen molar-refractivity contribution in [3.05, 3.63) is 29.1 Å². The number of nitrogens with two attached hydrogens (primary N) is 1. The summed E-state index contributed by atoms with van der Waals surface area (Å²) in [6, 6.07) is 4.31. The standard InChI is InChI=1S/C10H9FN2O/c11-8-4-10-7(3-6(8)5-12)9(13)1-2-14-10/h3-4,9H,1-2,13H2/t9-/m1/s1. The quantitative estimate of drug-likeness (QED) is 0.677. The first-order chi connectivity index (χ1) is 6.72. The molecule has 0 unspecified atom stereocenters. The van der Waals surface area contributed by atoms with E-state index in [1.54, 1.807) is 6.07 Å². The summed E-state index contributed by atoms with van der Waals surface area (Å²) in [7, 11) is 0. The summed E-state index contributed by atoms with van der Waals surface area (Å²) in [5.74, 6) is -0.0967. The molecule has 1 aromatic carbocycles. The van der Waals surface area contributed by atoms with Gasteiger partial charge in [-0.25, -0.2) is 4.39 Å². The molecule has 0 saturated carbocycles. The van der Waals surface area contributed by atoms with Gasteiger partial charge >= 0.3 is 0 Å². The van der Waals surface area contributed by atoms with Gasteiger partial charge < -0.3 is 10.5 Å². The van der Waals surface area contributed by atoms with E-state index >= 15 is 0 Å². The summed E-state index contributed by atoms with van der Waals surface area (Å²) in [5, 5.41) is 8.63. The molecular weight excluding hydrogens is 183 g/mol. The molecule has 1 heterocycles. The molecule has 4 heteroatoms. The molecule has 0 fully saturated rings. The van der Waals surface area contributed by atoms with Crippen molar-refractivity contribution in [3.8, 4) is 11.8 Å². The van der Waals surface area contributed by atoms with Crippen molar-refractivity contribution in [3.63, 3.8) is 0 Å². The number of fused-ring (bicyclic) bond motifs is 1. The van der Waals surface area contributed by atoms with Crippen molar-refractivity contribution in [2.75, 3.05) is 6.61 Å². The van der Waals surface area contributed by atoms with Crippen molar-refractivity contribution >= 4 is 0 Å². The number of halogens is 1.